The van der Waals surface area contributed by atoms with Gasteiger partial charge in [-0.2, -0.15) is 0 Å². The first-order chi connectivity index (χ1) is 8.02. The number of hydrogen-bond donors (Lipinski definition) is 2. The third kappa shape index (κ3) is 4.65. The van der Waals surface area contributed by atoms with Crippen molar-refractivity contribution in [3.8, 4) is 5.75 Å². The molecule has 0 aliphatic rings. The van der Waals surface area contributed by atoms with Crippen LogP contribution < -0.4 is 15.8 Å². The van der Waals surface area contributed by atoms with E-state index in [9.17, 15) is 4.21 Å². The number of anilines is 2. The molecule has 0 aromatic heterocycles. The average Bonchev–Trinajstić information content (AvgIpc) is 2.25. The minimum Gasteiger partial charge on any atom is -0.494 e. The van der Waals surface area contributed by atoms with Crippen molar-refractivity contribution in [2.45, 2.75) is 19.1 Å². The van der Waals surface area contributed by atoms with E-state index in [2.05, 4.69) is 5.32 Å². The van der Waals surface area contributed by atoms with Gasteiger partial charge in [-0.15, -0.1) is 0 Å². The molecule has 0 saturated heterocycles. The van der Waals surface area contributed by atoms with Crippen LogP contribution in [0.15, 0.2) is 18.2 Å². The average molecular weight is 256 g/mol. The molecule has 96 valence electrons. The number of benzene rings is 1. The molecule has 3 N–H and O–H groups in total. The molecule has 1 rings (SSSR count). The summed E-state index contributed by atoms with van der Waals surface area (Å²) in [6.07, 6.45) is 1.71. The fraction of sp³-hybridized carbons (Fsp3) is 0.500. The van der Waals surface area contributed by atoms with Crippen LogP contribution in [0, 0.1) is 0 Å². The van der Waals surface area contributed by atoms with Gasteiger partial charge in [0.1, 0.15) is 5.75 Å². The maximum atomic E-state index is 11.2. The van der Waals surface area contributed by atoms with Crippen LogP contribution in [-0.4, -0.2) is 28.9 Å². The molecule has 0 saturated carbocycles. The molecule has 1 aromatic carbocycles. The summed E-state index contributed by atoms with van der Waals surface area (Å²) in [5, 5.41) is 3.32. The van der Waals surface area contributed by atoms with E-state index < -0.39 is 10.8 Å². The fourth-order valence-corrected chi connectivity index (χ4v) is 1.67. The largest absolute Gasteiger partial charge is 0.494 e. The van der Waals surface area contributed by atoms with E-state index in [1.165, 1.54) is 0 Å². The van der Waals surface area contributed by atoms with Crippen molar-refractivity contribution in [3.05, 3.63) is 18.2 Å². The molecule has 0 spiro atoms. The Bertz CT molecular complexity index is 396. The SMILES string of the molecule is CCOc1cc(N)cc(NCC(C)S(C)=O)c1. The maximum absolute atomic E-state index is 11.2. The van der Waals surface area contributed by atoms with E-state index >= 15 is 0 Å². The molecule has 0 bridgehead atoms. The number of nitrogen functional groups attached to an aromatic ring is 1. The molecule has 2 atom stereocenters. The number of rotatable bonds is 6. The number of nitrogens with one attached hydrogen (secondary N) is 1. The Labute approximate surface area is 105 Å². The lowest BCUT2D eigenvalue weighted by molar-refractivity contribution is 0.340. The second kappa shape index (κ2) is 6.49. The monoisotopic (exact) mass is 256 g/mol. The van der Waals surface area contributed by atoms with E-state index in [-0.39, 0.29) is 5.25 Å². The van der Waals surface area contributed by atoms with Gasteiger partial charge < -0.3 is 15.8 Å². The van der Waals surface area contributed by atoms with Gasteiger partial charge in [0.15, 0.2) is 0 Å². The highest BCUT2D eigenvalue weighted by Gasteiger charge is 2.06. The van der Waals surface area contributed by atoms with Gasteiger partial charge in [0.25, 0.3) is 0 Å². The standard InChI is InChI=1S/C12H20N2O2S/c1-4-16-12-6-10(13)5-11(7-12)14-8-9(2)17(3)15/h5-7,9,14H,4,8,13H2,1-3H3. The Morgan fingerprint density at radius 1 is 1.47 bits per heavy atom. The van der Waals surface area contributed by atoms with Gasteiger partial charge in [-0.25, -0.2) is 0 Å². The summed E-state index contributed by atoms with van der Waals surface area (Å²) in [7, 11) is -0.823. The van der Waals surface area contributed by atoms with Gasteiger partial charge in [-0.05, 0) is 19.9 Å². The molecule has 5 heteroatoms. The smallest absolute Gasteiger partial charge is 0.123 e. The minimum absolute atomic E-state index is 0.104. The fourth-order valence-electron chi connectivity index (χ4n) is 1.35. The van der Waals surface area contributed by atoms with Crippen molar-refractivity contribution < 1.29 is 8.95 Å². The molecule has 1 aromatic rings. The lowest BCUT2D eigenvalue weighted by atomic mass is 10.2. The first kappa shape index (κ1) is 13.8. The Morgan fingerprint density at radius 3 is 2.76 bits per heavy atom. The molecule has 0 amide bonds. The van der Waals surface area contributed by atoms with Crippen LogP contribution in [-0.2, 0) is 10.8 Å². The van der Waals surface area contributed by atoms with E-state index in [1.54, 1.807) is 12.3 Å². The summed E-state index contributed by atoms with van der Waals surface area (Å²) in [5.74, 6) is 0.750. The highest BCUT2D eigenvalue weighted by molar-refractivity contribution is 7.84. The van der Waals surface area contributed by atoms with E-state index in [0.29, 0.717) is 18.8 Å². The van der Waals surface area contributed by atoms with Crippen LogP contribution in [0.25, 0.3) is 0 Å². The van der Waals surface area contributed by atoms with Crippen LogP contribution in [0.3, 0.4) is 0 Å². The van der Waals surface area contributed by atoms with Crippen LogP contribution in [0.4, 0.5) is 11.4 Å². The quantitative estimate of drug-likeness (QED) is 0.762. The summed E-state index contributed by atoms with van der Waals surface area (Å²) in [6, 6.07) is 5.52. The lowest BCUT2D eigenvalue weighted by Crippen LogP contribution is -2.20. The number of hydrogen-bond acceptors (Lipinski definition) is 4. The summed E-state index contributed by atoms with van der Waals surface area (Å²) >= 11 is 0. The summed E-state index contributed by atoms with van der Waals surface area (Å²) in [4.78, 5) is 0. The first-order valence-corrected chi connectivity index (χ1v) is 7.24. The first-order valence-electron chi connectivity index (χ1n) is 5.62. The second-order valence-corrected chi connectivity index (χ2v) is 5.72. The second-order valence-electron chi connectivity index (χ2n) is 3.91. The molecule has 17 heavy (non-hydrogen) atoms. The molecule has 0 aliphatic heterocycles. The predicted molar refractivity (Wildman–Crippen MR) is 74.0 cm³/mol. The normalized spacial score (nSPS) is 14.1. The maximum Gasteiger partial charge on any atom is 0.123 e. The lowest BCUT2D eigenvalue weighted by Gasteiger charge is -2.13. The number of ether oxygens (including phenoxy) is 1. The van der Waals surface area contributed by atoms with Crippen molar-refractivity contribution in [2.75, 3.05) is 30.5 Å². The highest BCUT2D eigenvalue weighted by Crippen LogP contribution is 2.22. The minimum atomic E-state index is -0.823. The Hall–Kier alpha value is -1.23. The summed E-state index contributed by atoms with van der Waals surface area (Å²) in [6.45, 7) is 5.13. The highest BCUT2D eigenvalue weighted by atomic mass is 32.2. The Morgan fingerprint density at radius 2 is 2.18 bits per heavy atom. The van der Waals surface area contributed by atoms with E-state index in [4.69, 9.17) is 10.5 Å². The van der Waals surface area contributed by atoms with Gasteiger partial charge in [-0.1, -0.05) is 0 Å². The van der Waals surface area contributed by atoms with Crippen LogP contribution in [0.1, 0.15) is 13.8 Å². The van der Waals surface area contributed by atoms with Crippen molar-refractivity contribution in [2.24, 2.45) is 0 Å². The molecule has 4 nitrogen and oxygen atoms in total. The van der Waals surface area contributed by atoms with Gasteiger partial charge in [-0.3, -0.25) is 4.21 Å². The molecular formula is C12H20N2O2S. The molecule has 0 fully saturated rings. The Kier molecular flexibility index (Phi) is 5.28. The van der Waals surface area contributed by atoms with Crippen LogP contribution in [0.2, 0.25) is 0 Å². The van der Waals surface area contributed by atoms with E-state index in [0.717, 1.165) is 11.4 Å². The summed E-state index contributed by atoms with van der Waals surface area (Å²) < 4.78 is 16.6. The van der Waals surface area contributed by atoms with Crippen molar-refractivity contribution in [3.63, 3.8) is 0 Å². The Balaban J connectivity index is 2.67. The number of nitrogens with two attached hydrogens (primary N) is 1. The zero-order valence-corrected chi connectivity index (χ0v) is 11.3. The van der Waals surface area contributed by atoms with Gasteiger partial charge in [0.05, 0.1) is 6.61 Å². The van der Waals surface area contributed by atoms with Crippen LogP contribution in [0.5, 0.6) is 5.75 Å². The topological polar surface area (TPSA) is 64.3 Å². The predicted octanol–water partition coefficient (Wildman–Crippen LogP) is 1.85. The molecular weight excluding hydrogens is 236 g/mol. The third-order valence-electron chi connectivity index (χ3n) is 2.40. The van der Waals surface area contributed by atoms with Gasteiger partial charge in [0.2, 0.25) is 0 Å². The zero-order chi connectivity index (χ0) is 12.8. The van der Waals surface area contributed by atoms with Gasteiger partial charge >= 0.3 is 0 Å². The van der Waals surface area contributed by atoms with Crippen molar-refractivity contribution in [1.82, 2.24) is 0 Å². The molecule has 2 unspecified atom stereocenters. The molecule has 0 heterocycles. The van der Waals surface area contributed by atoms with E-state index in [1.807, 2.05) is 26.0 Å². The van der Waals surface area contributed by atoms with Crippen molar-refractivity contribution in [1.29, 1.82) is 0 Å². The molecule has 0 radical (unpaired) electrons. The zero-order valence-electron chi connectivity index (χ0n) is 10.5. The van der Waals surface area contributed by atoms with Crippen LogP contribution >= 0.6 is 0 Å². The third-order valence-corrected chi connectivity index (χ3v) is 3.70. The summed E-state index contributed by atoms with van der Waals surface area (Å²) in [5.41, 5.74) is 7.33. The van der Waals surface area contributed by atoms with Crippen molar-refractivity contribution >= 4 is 22.2 Å². The molecule has 0 aliphatic carbocycles. The van der Waals surface area contributed by atoms with Gasteiger partial charge in [0, 0.05) is 52.4 Å².